The Kier molecular flexibility index (Phi) is 6.76. The van der Waals surface area contributed by atoms with E-state index in [4.69, 9.17) is 0 Å². The fourth-order valence-electron chi connectivity index (χ4n) is 3.42. The number of alkyl halides is 3. The summed E-state index contributed by atoms with van der Waals surface area (Å²) in [4.78, 5) is 14.8. The number of benzene rings is 2. The zero-order valence-electron chi connectivity index (χ0n) is 17.4. The number of halogens is 3. The highest BCUT2D eigenvalue weighted by molar-refractivity contribution is 7.89. The number of hydrogen-bond acceptors (Lipinski definition) is 3. The summed E-state index contributed by atoms with van der Waals surface area (Å²) in [5.41, 5.74) is 0.0852. The zero-order chi connectivity index (χ0) is 22.8. The molecule has 0 aromatic heterocycles. The van der Waals surface area contributed by atoms with Crippen molar-refractivity contribution in [3.63, 3.8) is 0 Å². The van der Waals surface area contributed by atoms with Gasteiger partial charge >= 0.3 is 6.18 Å². The first-order valence-corrected chi connectivity index (χ1v) is 11.6. The predicted molar refractivity (Wildman–Crippen MR) is 111 cm³/mol. The standard InChI is InChI=1S/C22H25F3N2O3S/c1-3-26(4-2)31(29,30)20-7-5-6-17(14-20)21(28)27(19-12-13-19)15-16-8-10-18(11-9-16)22(23,24)25/h5-11,14,19H,3-4,12-13,15H2,1-2H3. The van der Waals surface area contributed by atoms with Crippen molar-refractivity contribution in [1.82, 2.24) is 9.21 Å². The van der Waals surface area contributed by atoms with Crippen molar-refractivity contribution >= 4 is 15.9 Å². The van der Waals surface area contributed by atoms with Crippen LogP contribution in [0.3, 0.4) is 0 Å². The van der Waals surface area contributed by atoms with Crippen molar-refractivity contribution in [1.29, 1.82) is 0 Å². The van der Waals surface area contributed by atoms with Crippen LogP contribution in [0.25, 0.3) is 0 Å². The summed E-state index contributed by atoms with van der Waals surface area (Å²) in [6.45, 7) is 4.29. The molecule has 5 nitrogen and oxygen atoms in total. The molecule has 31 heavy (non-hydrogen) atoms. The Morgan fingerprint density at radius 2 is 1.65 bits per heavy atom. The van der Waals surface area contributed by atoms with Crippen molar-refractivity contribution < 1.29 is 26.4 Å². The van der Waals surface area contributed by atoms with E-state index in [1.807, 2.05) is 0 Å². The quantitative estimate of drug-likeness (QED) is 0.589. The van der Waals surface area contributed by atoms with Gasteiger partial charge in [-0.25, -0.2) is 8.42 Å². The third kappa shape index (κ3) is 5.27. The van der Waals surface area contributed by atoms with Crippen LogP contribution in [-0.2, 0) is 22.7 Å². The van der Waals surface area contributed by atoms with Crippen molar-refractivity contribution in [3.05, 3.63) is 65.2 Å². The van der Waals surface area contributed by atoms with Gasteiger partial charge in [-0.1, -0.05) is 32.0 Å². The van der Waals surface area contributed by atoms with Crippen LogP contribution in [0.5, 0.6) is 0 Å². The Morgan fingerprint density at radius 1 is 1.03 bits per heavy atom. The van der Waals surface area contributed by atoms with E-state index >= 15 is 0 Å². The number of rotatable bonds is 8. The van der Waals surface area contributed by atoms with Gasteiger partial charge < -0.3 is 4.90 Å². The lowest BCUT2D eigenvalue weighted by Crippen LogP contribution is -2.33. The molecule has 0 spiro atoms. The topological polar surface area (TPSA) is 57.7 Å². The van der Waals surface area contributed by atoms with E-state index in [9.17, 15) is 26.4 Å². The van der Waals surface area contributed by atoms with Gasteiger partial charge in [0, 0.05) is 31.2 Å². The first-order chi connectivity index (χ1) is 14.6. The van der Waals surface area contributed by atoms with Gasteiger partial charge in [-0.05, 0) is 48.7 Å². The van der Waals surface area contributed by atoms with Gasteiger partial charge in [0.15, 0.2) is 0 Å². The summed E-state index contributed by atoms with van der Waals surface area (Å²) in [6.07, 6.45) is -2.80. The smallest absolute Gasteiger partial charge is 0.331 e. The van der Waals surface area contributed by atoms with Gasteiger partial charge in [0.05, 0.1) is 10.5 Å². The fraction of sp³-hybridized carbons (Fsp3) is 0.409. The van der Waals surface area contributed by atoms with Gasteiger partial charge in [-0.2, -0.15) is 17.5 Å². The maximum atomic E-state index is 13.2. The second-order valence-electron chi connectivity index (χ2n) is 7.48. The highest BCUT2D eigenvalue weighted by atomic mass is 32.2. The minimum Gasteiger partial charge on any atom is -0.331 e. The summed E-state index contributed by atoms with van der Waals surface area (Å²) in [7, 11) is -3.71. The molecule has 0 heterocycles. The summed E-state index contributed by atoms with van der Waals surface area (Å²) < 4.78 is 65.3. The Labute approximate surface area is 180 Å². The summed E-state index contributed by atoms with van der Waals surface area (Å²) in [6, 6.07) is 10.7. The number of hydrogen-bond donors (Lipinski definition) is 0. The molecule has 1 saturated carbocycles. The largest absolute Gasteiger partial charge is 0.416 e. The highest BCUT2D eigenvalue weighted by Gasteiger charge is 2.34. The van der Waals surface area contributed by atoms with E-state index in [-0.39, 0.29) is 29.0 Å². The second kappa shape index (κ2) is 9.00. The van der Waals surface area contributed by atoms with E-state index < -0.39 is 21.8 Å². The van der Waals surface area contributed by atoms with E-state index in [2.05, 4.69) is 0 Å². The van der Waals surface area contributed by atoms with Crippen LogP contribution in [-0.4, -0.2) is 42.7 Å². The number of carbonyl (C=O) groups excluding carboxylic acids is 1. The maximum Gasteiger partial charge on any atom is 0.416 e. The lowest BCUT2D eigenvalue weighted by molar-refractivity contribution is -0.137. The predicted octanol–water partition coefficient (Wildman–Crippen LogP) is 4.54. The van der Waals surface area contributed by atoms with Crippen molar-refractivity contribution in [2.75, 3.05) is 13.1 Å². The Morgan fingerprint density at radius 3 is 2.16 bits per heavy atom. The SMILES string of the molecule is CCN(CC)S(=O)(=O)c1cccc(C(=O)N(Cc2ccc(C(F)(F)F)cc2)C2CC2)c1. The molecule has 1 fully saturated rings. The second-order valence-corrected chi connectivity index (χ2v) is 9.41. The molecule has 2 aromatic carbocycles. The molecular weight excluding hydrogens is 429 g/mol. The molecule has 0 aliphatic heterocycles. The average Bonchev–Trinajstić information content (AvgIpc) is 3.57. The normalized spacial score (nSPS) is 14.6. The molecule has 1 aliphatic rings. The number of amides is 1. The number of nitrogens with zero attached hydrogens (tertiary/aromatic N) is 2. The molecule has 2 aromatic rings. The van der Waals surface area contributed by atoms with Gasteiger partial charge in [-0.15, -0.1) is 0 Å². The van der Waals surface area contributed by atoms with Crippen LogP contribution >= 0.6 is 0 Å². The third-order valence-corrected chi connectivity index (χ3v) is 7.35. The zero-order valence-corrected chi connectivity index (χ0v) is 18.2. The molecular formula is C22H25F3N2O3S. The highest BCUT2D eigenvalue weighted by Crippen LogP contribution is 2.32. The summed E-state index contributed by atoms with van der Waals surface area (Å²) >= 11 is 0. The molecule has 0 bridgehead atoms. The maximum absolute atomic E-state index is 13.2. The average molecular weight is 455 g/mol. The van der Waals surface area contributed by atoms with Gasteiger partial charge in [0.1, 0.15) is 0 Å². The number of sulfonamides is 1. The minimum absolute atomic E-state index is 0.00200. The molecule has 9 heteroatoms. The molecule has 0 N–H and O–H groups in total. The van der Waals surface area contributed by atoms with Crippen LogP contribution in [0.2, 0.25) is 0 Å². The van der Waals surface area contributed by atoms with E-state index in [1.54, 1.807) is 24.8 Å². The van der Waals surface area contributed by atoms with E-state index in [0.717, 1.165) is 25.0 Å². The Hall–Kier alpha value is -2.39. The van der Waals surface area contributed by atoms with Gasteiger partial charge in [0.25, 0.3) is 5.91 Å². The van der Waals surface area contributed by atoms with Crippen LogP contribution in [0.1, 0.15) is 48.2 Å². The van der Waals surface area contributed by atoms with E-state index in [1.165, 1.54) is 34.6 Å². The first kappa shape index (κ1) is 23.3. The molecule has 1 aliphatic carbocycles. The monoisotopic (exact) mass is 454 g/mol. The molecule has 0 saturated heterocycles. The lowest BCUT2D eigenvalue weighted by Gasteiger charge is -2.24. The van der Waals surface area contributed by atoms with Crippen LogP contribution in [0.15, 0.2) is 53.4 Å². The van der Waals surface area contributed by atoms with Crippen LogP contribution in [0, 0.1) is 0 Å². The van der Waals surface area contributed by atoms with Crippen LogP contribution in [0.4, 0.5) is 13.2 Å². The number of carbonyl (C=O) groups is 1. The Balaban J connectivity index is 1.84. The van der Waals surface area contributed by atoms with Crippen molar-refractivity contribution in [3.8, 4) is 0 Å². The van der Waals surface area contributed by atoms with Crippen LogP contribution < -0.4 is 0 Å². The molecule has 0 radical (unpaired) electrons. The molecule has 1 amide bonds. The third-order valence-electron chi connectivity index (χ3n) is 5.31. The minimum atomic E-state index is -4.42. The van der Waals surface area contributed by atoms with Crippen molar-refractivity contribution in [2.45, 2.75) is 50.3 Å². The molecule has 0 atom stereocenters. The summed E-state index contributed by atoms with van der Waals surface area (Å²) in [5, 5.41) is 0. The van der Waals surface area contributed by atoms with Crippen molar-refractivity contribution in [2.24, 2.45) is 0 Å². The molecule has 0 unspecified atom stereocenters. The lowest BCUT2D eigenvalue weighted by atomic mass is 10.1. The fourth-order valence-corrected chi connectivity index (χ4v) is 4.92. The molecule has 3 rings (SSSR count). The van der Waals surface area contributed by atoms with Gasteiger partial charge in [0.2, 0.25) is 10.0 Å². The molecule has 168 valence electrons. The Bertz CT molecular complexity index is 1030. The van der Waals surface area contributed by atoms with E-state index in [0.29, 0.717) is 18.7 Å². The first-order valence-electron chi connectivity index (χ1n) is 10.1. The van der Waals surface area contributed by atoms with Gasteiger partial charge in [-0.3, -0.25) is 4.79 Å². The summed E-state index contributed by atoms with van der Waals surface area (Å²) in [5.74, 6) is -0.334.